The number of nitrogen functional groups attached to an aromatic ring is 2. The van der Waals surface area contributed by atoms with Crippen molar-refractivity contribution < 1.29 is 4.79 Å². The van der Waals surface area contributed by atoms with Gasteiger partial charge in [-0.15, -0.1) is 0 Å². The van der Waals surface area contributed by atoms with Crippen LogP contribution in [0.5, 0.6) is 0 Å². The number of hydrogen-bond acceptors (Lipinski definition) is 4. The van der Waals surface area contributed by atoms with Crippen LogP contribution in [0.25, 0.3) is 0 Å². The molecule has 1 aromatic carbocycles. The van der Waals surface area contributed by atoms with Crippen molar-refractivity contribution in [3.63, 3.8) is 0 Å². The van der Waals surface area contributed by atoms with E-state index >= 15 is 0 Å². The Bertz CT molecular complexity index is 520. The smallest absolute Gasteiger partial charge is 0.196 e. The molecular weight excluding hydrogens is 202 g/mol. The molecule has 1 aromatic heterocycles. The van der Waals surface area contributed by atoms with Crippen molar-refractivity contribution in [2.75, 3.05) is 11.5 Å². The van der Waals surface area contributed by atoms with Crippen LogP contribution in [0.2, 0.25) is 0 Å². The first-order valence-electron chi connectivity index (χ1n) is 4.78. The summed E-state index contributed by atoms with van der Waals surface area (Å²) in [6.45, 7) is 0. The number of carbonyl (C=O) groups excluding carboxylic acids is 1. The number of nitrogens with zero attached hydrogens (tertiary/aromatic N) is 1. The molecule has 0 spiro atoms. The maximum Gasteiger partial charge on any atom is 0.196 e. The summed E-state index contributed by atoms with van der Waals surface area (Å²) in [6.07, 6.45) is 3.02. The van der Waals surface area contributed by atoms with E-state index in [1.807, 2.05) is 0 Å². The normalized spacial score (nSPS) is 10.0. The van der Waals surface area contributed by atoms with Crippen LogP contribution in [-0.2, 0) is 0 Å². The molecule has 0 saturated carbocycles. The zero-order chi connectivity index (χ0) is 11.5. The summed E-state index contributed by atoms with van der Waals surface area (Å²) in [4.78, 5) is 15.9. The molecule has 80 valence electrons. The third-order valence-electron chi connectivity index (χ3n) is 2.27. The van der Waals surface area contributed by atoms with E-state index in [2.05, 4.69) is 4.98 Å². The van der Waals surface area contributed by atoms with Gasteiger partial charge in [0, 0.05) is 29.3 Å². The highest BCUT2D eigenvalue weighted by atomic mass is 16.1. The minimum absolute atomic E-state index is 0.148. The molecule has 0 bridgehead atoms. The third kappa shape index (κ3) is 1.86. The second kappa shape index (κ2) is 4.02. The van der Waals surface area contributed by atoms with Gasteiger partial charge in [0.05, 0.1) is 5.56 Å². The second-order valence-corrected chi connectivity index (χ2v) is 3.41. The van der Waals surface area contributed by atoms with E-state index in [-0.39, 0.29) is 5.78 Å². The monoisotopic (exact) mass is 213 g/mol. The van der Waals surface area contributed by atoms with Crippen LogP contribution in [-0.4, -0.2) is 10.8 Å². The van der Waals surface area contributed by atoms with Gasteiger partial charge in [0.1, 0.15) is 0 Å². The largest absolute Gasteiger partial charge is 0.399 e. The molecule has 0 saturated heterocycles. The Morgan fingerprint density at radius 3 is 2.38 bits per heavy atom. The number of pyridine rings is 1. The van der Waals surface area contributed by atoms with Gasteiger partial charge >= 0.3 is 0 Å². The highest BCUT2D eigenvalue weighted by molar-refractivity contribution is 6.11. The lowest BCUT2D eigenvalue weighted by Gasteiger charge is -2.03. The van der Waals surface area contributed by atoms with E-state index in [1.54, 1.807) is 36.5 Å². The summed E-state index contributed by atoms with van der Waals surface area (Å²) in [5.74, 6) is -0.148. The van der Waals surface area contributed by atoms with Crippen LogP contribution < -0.4 is 11.5 Å². The standard InChI is InChI=1S/C12H11N3O/c13-9-3-1-8(2-4-9)12(16)10-7-15-6-5-11(10)14/h1-7H,13H2,(H2,14,15). The zero-order valence-corrected chi connectivity index (χ0v) is 8.55. The molecular formula is C12H11N3O. The summed E-state index contributed by atoms with van der Waals surface area (Å²) in [7, 11) is 0. The molecule has 2 rings (SSSR count). The van der Waals surface area contributed by atoms with Crippen LogP contribution >= 0.6 is 0 Å². The van der Waals surface area contributed by atoms with E-state index in [4.69, 9.17) is 11.5 Å². The molecule has 0 aliphatic heterocycles. The van der Waals surface area contributed by atoms with Gasteiger partial charge in [-0.05, 0) is 30.3 Å². The molecule has 2 aromatic rings. The van der Waals surface area contributed by atoms with Crippen molar-refractivity contribution in [1.29, 1.82) is 0 Å². The Morgan fingerprint density at radius 2 is 1.75 bits per heavy atom. The maximum atomic E-state index is 12.0. The lowest BCUT2D eigenvalue weighted by atomic mass is 10.0. The van der Waals surface area contributed by atoms with Crippen LogP contribution in [0, 0.1) is 0 Å². The number of rotatable bonds is 2. The van der Waals surface area contributed by atoms with E-state index in [9.17, 15) is 4.79 Å². The van der Waals surface area contributed by atoms with Crippen molar-refractivity contribution in [2.45, 2.75) is 0 Å². The average molecular weight is 213 g/mol. The summed E-state index contributed by atoms with van der Waals surface area (Å²) in [5, 5.41) is 0. The van der Waals surface area contributed by atoms with E-state index in [0.717, 1.165) is 0 Å². The van der Waals surface area contributed by atoms with Gasteiger partial charge in [-0.3, -0.25) is 9.78 Å². The third-order valence-corrected chi connectivity index (χ3v) is 2.27. The van der Waals surface area contributed by atoms with Crippen LogP contribution in [0.3, 0.4) is 0 Å². The Kier molecular flexibility index (Phi) is 2.55. The number of aromatic nitrogens is 1. The van der Waals surface area contributed by atoms with Gasteiger partial charge in [-0.25, -0.2) is 0 Å². The molecule has 1 heterocycles. The molecule has 0 atom stereocenters. The number of hydrogen-bond donors (Lipinski definition) is 2. The summed E-state index contributed by atoms with van der Waals surface area (Å²) >= 11 is 0. The fraction of sp³-hybridized carbons (Fsp3) is 0. The summed E-state index contributed by atoms with van der Waals surface area (Å²) in [5.41, 5.74) is 13.3. The Labute approximate surface area is 92.9 Å². The van der Waals surface area contributed by atoms with E-state index < -0.39 is 0 Å². The van der Waals surface area contributed by atoms with Gasteiger partial charge in [-0.1, -0.05) is 0 Å². The number of ketones is 1. The number of anilines is 2. The summed E-state index contributed by atoms with van der Waals surface area (Å²) in [6, 6.07) is 8.30. The quantitative estimate of drug-likeness (QED) is 0.584. The summed E-state index contributed by atoms with van der Waals surface area (Å²) < 4.78 is 0. The topological polar surface area (TPSA) is 82.0 Å². The van der Waals surface area contributed by atoms with Crippen molar-refractivity contribution in [3.05, 3.63) is 53.9 Å². The Morgan fingerprint density at radius 1 is 1.06 bits per heavy atom. The molecule has 4 N–H and O–H groups in total. The van der Waals surface area contributed by atoms with Gasteiger partial charge < -0.3 is 11.5 Å². The molecule has 4 nitrogen and oxygen atoms in total. The van der Waals surface area contributed by atoms with Crippen molar-refractivity contribution in [3.8, 4) is 0 Å². The Balaban J connectivity index is 2.40. The first-order valence-corrected chi connectivity index (χ1v) is 4.78. The van der Waals surface area contributed by atoms with Crippen molar-refractivity contribution in [2.24, 2.45) is 0 Å². The SMILES string of the molecule is Nc1ccc(C(=O)c2cnccc2N)cc1. The molecule has 0 fully saturated rings. The van der Waals surface area contributed by atoms with Gasteiger partial charge in [-0.2, -0.15) is 0 Å². The minimum Gasteiger partial charge on any atom is -0.399 e. The minimum atomic E-state index is -0.148. The van der Waals surface area contributed by atoms with Crippen LogP contribution in [0.15, 0.2) is 42.7 Å². The van der Waals surface area contributed by atoms with Crippen molar-refractivity contribution >= 4 is 17.2 Å². The first-order chi connectivity index (χ1) is 7.68. The lowest BCUT2D eigenvalue weighted by molar-refractivity contribution is 0.103. The number of nitrogens with two attached hydrogens (primary N) is 2. The molecule has 0 amide bonds. The van der Waals surface area contributed by atoms with E-state index in [1.165, 1.54) is 6.20 Å². The number of benzene rings is 1. The predicted molar refractivity (Wildman–Crippen MR) is 62.9 cm³/mol. The molecule has 0 radical (unpaired) electrons. The fourth-order valence-electron chi connectivity index (χ4n) is 1.38. The van der Waals surface area contributed by atoms with E-state index in [0.29, 0.717) is 22.5 Å². The molecule has 0 aliphatic rings. The highest BCUT2D eigenvalue weighted by Gasteiger charge is 2.11. The molecule has 4 heteroatoms. The van der Waals surface area contributed by atoms with Gasteiger partial charge in [0.15, 0.2) is 5.78 Å². The number of carbonyl (C=O) groups is 1. The Hall–Kier alpha value is -2.36. The predicted octanol–water partition coefficient (Wildman–Crippen LogP) is 1.48. The van der Waals surface area contributed by atoms with Gasteiger partial charge in [0.2, 0.25) is 0 Å². The molecule has 16 heavy (non-hydrogen) atoms. The zero-order valence-electron chi connectivity index (χ0n) is 8.55. The molecule has 0 unspecified atom stereocenters. The first kappa shape index (κ1) is 10.2. The van der Waals surface area contributed by atoms with Crippen LogP contribution in [0.4, 0.5) is 11.4 Å². The maximum absolute atomic E-state index is 12.0. The van der Waals surface area contributed by atoms with Crippen LogP contribution in [0.1, 0.15) is 15.9 Å². The second-order valence-electron chi connectivity index (χ2n) is 3.41. The molecule has 0 aliphatic carbocycles. The lowest BCUT2D eigenvalue weighted by Crippen LogP contribution is -2.05. The van der Waals surface area contributed by atoms with Crippen molar-refractivity contribution in [1.82, 2.24) is 4.98 Å². The highest BCUT2D eigenvalue weighted by Crippen LogP contribution is 2.15. The van der Waals surface area contributed by atoms with Gasteiger partial charge in [0.25, 0.3) is 0 Å². The fourth-order valence-corrected chi connectivity index (χ4v) is 1.38. The average Bonchev–Trinajstić information content (AvgIpc) is 2.30.